The molecule has 0 aliphatic carbocycles. The van der Waals surface area contributed by atoms with Crippen molar-refractivity contribution in [2.75, 3.05) is 10.0 Å². The third kappa shape index (κ3) is 4.84. The van der Waals surface area contributed by atoms with Gasteiger partial charge in [0.05, 0.1) is 10.9 Å². The standard InChI is InChI=1S/C22H20N2O5S/c1-14-6-10-18(11-7-14)24-30(28,29)20-13-16(9-8-15(20)2)21(25)23-19-5-3-4-17(12-19)22(26)27/h3-13,24H,1-2H3,(H,23,25)(H,26,27)/p-1. The van der Waals surface area contributed by atoms with E-state index in [0.717, 1.165) is 5.56 Å². The number of aryl methyl sites for hydroxylation is 2. The molecule has 0 unspecified atom stereocenters. The lowest BCUT2D eigenvalue weighted by Crippen LogP contribution is -2.22. The van der Waals surface area contributed by atoms with Crippen LogP contribution in [0.2, 0.25) is 0 Å². The summed E-state index contributed by atoms with van der Waals surface area (Å²) in [5.74, 6) is -1.94. The Kier molecular flexibility index (Phi) is 5.89. The first kappa shape index (κ1) is 21.1. The van der Waals surface area contributed by atoms with E-state index in [-0.39, 0.29) is 21.7 Å². The fraction of sp³-hybridized carbons (Fsp3) is 0.0909. The Morgan fingerprint density at radius 1 is 0.833 bits per heavy atom. The molecule has 3 aromatic rings. The van der Waals surface area contributed by atoms with Crippen molar-refractivity contribution in [2.24, 2.45) is 0 Å². The van der Waals surface area contributed by atoms with Crippen molar-refractivity contribution in [1.29, 1.82) is 0 Å². The van der Waals surface area contributed by atoms with Crippen LogP contribution in [-0.4, -0.2) is 20.3 Å². The number of hydrogen-bond donors (Lipinski definition) is 2. The average Bonchev–Trinajstić information content (AvgIpc) is 2.70. The summed E-state index contributed by atoms with van der Waals surface area (Å²) in [4.78, 5) is 23.5. The van der Waals surface area contributed by atoms with Gasteiger partial charge >= 0.3 is 0 Å². The first-order chi connectivity index (χ1) is 14.2. The van der Waals surface area contributed by atoms with E-state index in [4.69, 9.17) is 0 Å². The zero-order chi connectivity index (χ0) is 21.9. The van der Waals surface area contributed by atoms with Crippen LogP contribution < -0.4 is 15.1 Å². The van der Waals surface area contributed by atoms with E-state index >= 15 is 0 Å². The molecule has 0 saturated heterocycles. The van der Waals surface area contributed by atoms with Gasteiger partial charge in [0.2, 0.25) is 0 Å². The summed E-state index contributed by atoms with van der Waals surface area (Å²) in [7, 11) is -3.92. The molecule has 0 bridgehead atoms. The van der Waals surface area contributed by atoms with E-state index in [1.807, 2.05) is 6.92 Å². The van der Waals surface area contributed by atoms with Crippen LogP contribution in [0.3, 0.4) is 0 Å². The van der Waals surface area contributed by atoms with Crippen LogP contribution >= 0.6 is 0 Å². The highest BCUT2D eigenvalue weighted by Crippen LogP contribution is 2.22. The van der Waals surface area contributed by atoms with Gasteiger partial charge < -0.3 is 15.2 Å². The molecule has 1 amide bonds. The average molecular weight is 423 g/mol. The van der Waals surface area contributed by atoms with Gasteiger partial charge in [-0.2, -0.15) is 0 Å². The van der Waals surface area contributed by atoms with Crippen LogP contribution in [0.25, 0.3) is 0 Å². The topological polar surface area (TPSA) is 115 Å². The van der Waals surface area contributed by atoms with Crippen LogP contribution in [0.5, 0.6) is 0 Å². The Morgan fingerprint density at radius 3 is 2.20 bits per heavy atom. The van der Waals surface area contributed by atoms with Gasteiger partial charge in [0.15, 0.2) is 0 Å². The minimum atomic E-state index is -3.92. The smallest absolute Gasteiger partial charge is 0.262 e. The monoisotopic (exact) mass is 423 g/mol. The maximum absolute atomic E-state index is 12.8. The zero-order valence-electron chi connectivity index (χ0n) is 16.3. The van der Waals surface area contributed by atoms with E-state index in [1.165, 1.54) is 42.5 Å². The van der Waals surface area contributed by atoms with Gasteiger partial charge in [-0.25, -0.2) is 8.42 Å². The number of sulfonamides is 1. The second kappa shape index (κ2) is 8.38. The van der Waals surface area contributed by atoms with Gasteiger partial charge in [-0.1, -0.05) is 35.9 Å². The number of anilines is 2. The second-order valence-corrected chi connectivity index (χ2v) is 8.43. The van der Waals surface area contributed by atoms with Gasteiger partial charge in [-0.3, -0.25) is 9.52 Å². The van der Waals surface area contributed by atoms with E-state index < -0.39 is 21.9 Å². The van der Waals surface area contributed by atoms with Crippen LogP contribution in [0.1, 0.15) is 31.8 Å². The Balaban J connectivity index is 1.87. The third-order valence-corrected chi connectivity index (χ3v) is 5.92. The normalized spacial score (nSPS) is 11.0. The minimum Gasteiger partial charge on any atom is -0.545 e. The number of aromatic carboxylic acids is 1. The number of carbonyl (C=O) groups excluding carboxylic acids is 2. The fourth-order valence-corrected chi connectivity index (χ4v) is 4.12. The molecule has 0 atom stereocenters. The highest BCUT2D eigenvalue weighted by Gasteiger charge is 2.19. The first-order valence-corrected chi connectivity index (χ1v) is 10.5. The van der Waals surface area contributed by atoms with Crippen molar-refractivity contribution in [1.82, 2.24) is 0 Å². The lowest BCUT2D eigenvalue weighted by Gasteiger charge is -2.13. The number of carboxylic acid groups (broad SMARTS) is 1. The summed E-state index contributed by atoms with van der Waals surface area (Å²) in [5.41, 5.74) is 2.17. The number of carbonyl (C=O) groups is 2. The molecular formula is C22H19N2O5S-. The maximum Gasteiger partial charge on any atom is 0.262 e. The van der Waals surface area contributed by atoms with Gasteiger partial charge in [0, 0.05) is 16.9 Å². The van der Waals surface area contributed by atoms with Crippen molar-refractivity contribution >= 4 is 33.3 Å². The quantitative estimate of drug-likeness (QED) is 0.633. The molecule has 3 aromatic carbocycles. The summed E-state index contributed by atoms with van der Waals surface area (Å²) in [5, 5.41) is 13.5. The summed E-state index contributed by atoms with van der Waals surface area (Å²) >= 11 is 0. The second-order valence-electron chi connectivity index (χ2n) is 6.77. The number of nitrogens with one attached hydrogen (secondary N) is 2. The van der Waals surface area contributed by atoms with Crippen LogP contribution in [-0.2, 0) is 10.0 Å². The zero-order valence-corrected chi connectivity index (χ0v) is 17.1. The van der Waals surface area contributed by atoms with E-state index in [1.54, 1.807) is 31.2 Å². The first-order valence-electron chi connectivity index (χ1n) is 8.98. The molecule has 0 fully saturated rings. The Labute approximate surface area is 174 Å². The van der Waals surface area contributed by atoms with Gasteiger partial charge in [0.25, 0.3) is 15.9 Å². The predicted octanol–water partition coefficient (Wildman–Crippen LogP) is 2.72. The molecule has 0 aliphatic rings. The van der Waals surface area contributed by atoms with E-state index in [2.05, 4.69) is 10.0 Å². The van der Waals surface area contributed by atoms with Crippen LogP contribution in [0, 0.1) is 13.8 Å². The molecule has 7 nitrogen and oxygen atoms in total. The molecular weight excluding hydrogens is 404 g/mol. The number of carboxylic acids is 1. The third-order valence-electron chi connectivity index (χ3n) is 4.40. The molecule has 2 N–H and O–H groups in total. The van der Waals surface area contributed by atoms with Crippen molar-refractivity contribution in [3.63, 3.8) is 0 Å². The number of benzene rings is 3. The fourth-order valence-electron chi connectivity index (χ4n) is 2.79. The summed E-state index contributed by atoms with van der Waals surface area (Å²) in [6.07, 6.45) is 0. The lowest BCUT2D eigenvalue weighted by molar-refractivity contribution is -0.255. The predicted molar refractivity (Wildman–Crippen MR) is 112 cm³/mol. The Bertz CT molecular complexity index is 1220. The summed E-state index contributed by atoms with van der Waals surface area (Å²) in [6.45, 7) is 3.53. The molecule has 0 aromatic heterocycles. The molecule has 0 saturated carbocycles. The highest BCUT2D eigenvalue weighted by atomic mass is 32.2. The molecule has 0 aliphatic heterocycles. The van der Waals surface area contributed by atoms with Crippen molar-refractivity contribution in [3.05, 3.63) is 89.0 Å². The number of hydrogen-bond acceptors (Lipinski definition) is 5. The molecule has 0 heterocycles. The molecule has 30 heavy (non-hydrogen) atoms. The van der Waals surface area contributed by atoms with Gasteiger partial charge in [-0.05, 0) is 61.4 Å². The lowest BCUT2D eigenvalue weighted by atomic mass is 10.1. The Morgan fingerprint density at radius 2 is 1.53 bits per heavy atom. The maximum atomic E-state index is 12.8. The molecule has 3 rings (SSSR count). The minimum absolute atomic E-state index is 0.0285. The number of amides is 1. The van der Waals surface area contributed by atoms with Crippen molar-refractivity contribution in [2.45, 2.75) is 18.7 Å². The highest BCUT2D eigenvalue weighted by molar-refractivity contribution is 7.92. The largest absolute Gasteiger partial charge is 0.545 e. The van der Waals surface area contributed by atoms with Gasteiger partial charge in [-0.15, -0.1) is 0 Å². The van der Waals surface area contributed by atoms with E-state index in [9.17, 15) is 23.1 Å². The van der Waals surface area contributed by atoms with Gasteiger partial charge in [0.1, 0.15) is 0 Å². The summed E-state index contributed by atoms with van der Waals surface area (Å²) in [6, 6.07) is 16.8. The van der Waals surface area contributed by atoms with Crippen molar-refractivity contribution < 1.29 is 23.1 Å². The van der Waals surface area contributed by atoms with Crippen molar-refractivity contribution in [3.8, 4) is 0 Å². The molecule has 154 valence electrons. The van der Waals surface area contributed by atoms with Crippen LogP contribution in [0.4, 0.5) is 11.4 Å². The van der Waals surface area contributed by atoms with E-state index in [0.29, 0.717) is 11.3 Å². The molecule has 0 spiro atoms. The Hall–Kier alpha value is -3.65. The number of rotatable bonds is 6. The SMILES string of the molecule is Cc1ccc(NS(=O)(=O)c2cc(C(=O)Nc3cccc(C(=O)[O-])c3)ccc2C)cc1. The van der Waals surface area contributed by atoms with Crippen LogP contribution in [0.15, 0.2) is 71.6 Å². The molecule has 0 radical (unpaired) electrons. The molecule has 8 heteroatoms. The summed E-state index contributed by atoms with van der Waals surface area (Å²) < 4.78 is 28.2.